The lowest BCUT2D eigenvalue weighted by Gasteiger charge is -2.36. The lowest BCUT2D eigenvalue weighted by molar-refractivity contribution is 0.0642. The van der Waals surface area contributed by atoms with E-state index in [0.717, 1.165) is 26.2 Å². The molecule has 1 heterocycles. The van der Waals surface area contributed by atoms with E-state index in [0.29, 0.717) is 18.7 Å². The zero-order chi connectivity index (χ0) is 12.8. The first-order chi connectivity index (χ1) is 8.75. The molecule has 1 N–H and O–H groups in total. The SMILES string of the molecule is CC(C)N1CCN[C@@H](COCc2ccccc2)C1. The van der Waals surface area contributed by atoms with Crippen molar-refractivity contribution in [2.45, 2.75) is 32.5 Å². The molecule has 0 unspecified atom stereocenters. The zero-order valence-corrected chi connectivity index (χ0v) is 11.4. The Morgan fingerprint density at radius 2 is 2.11 bits per heavy atom. The second-order valence-corrected chi connectivity index (χ2v) is 5.24. The normalized spacial score (nSPS) is 21.4. The van der Waals surface area contributed by atoms with Crippen molar-refractivity contribution < 1.29 is 4.74 Å². The molecule has 1 atom stereocenters. The van der Waals surface area contributed by atoms with Crippen LogP contribution in [0.15, 0.2) is 30.3 Å². The molecule has 0 saturated carbocycles. The van der Waals surface area contributed by atoms with E-state index in [1.165, 1.54) is 5.56 Å². The van der Waals surface area contributed by atoms with Crippen molar-refractivity contribution >= 4 is 0 Å². The first-order valence-electron chi connectivity index (χ1n) is 6.85. The van der Waals surface area contributed by atoms with Gasteiger partial charge in [0.05, 0.1) is 13.2 Å². The zero-order valence-electron chi connectivity index (χ0n) is 11.4. The summed E-state index contributed by atoms with van der Waals surface area (Å²) in [6.45, 7) is 9.32. The molecule has 1 fully saturated rings. The summed E-state index contributed by atoms with van der Waals surface area (Å²) in [4.78, 5) is 2.51. The van der Waals surface area contributed by atoms with Crippen LogP contribution in [0.25, 0.3) is 0 Å². The molecule has 1 saturated heterocycles. The standard InChI is InChI=1S/C15H24N2O/c1-13(2)17-9-8-16-15(10-17)12-18-11-14-6-4-3-5-7-14/h3-7,13,15-16H,8-12H2,1-2H3/t15-/m1/s1. The number of piperazine rings is 1. The van der Waals surface area contributed by atoms with Crippen LogP contribution in [0.3, 0.4) is 0 Å². The van der Waals surface area contributed by atoms with Crippen molar-refractivity contribution in [3.05, 3.63) is 35.9 Å². The van der Waals surface area contributed by atoms with Gasteiger partial charge in [-0.3, -0.25) is 4.90 Å². The average molecular weight is 248 g/mol. The van der Waals surface area contributed by atoms with Gasteiger partial charge in [-0.1, -0.05) is 30.3 Å². The molecular weight excluding hydrogens is 224 g/mol. The van der Waals surface area contributed by atoms with Crippen LogP contribution in [-0.2, 0) is 11.3 Å². The lowest BCUT2D eigenvalue weighted by atomic mass is 10.2. The third kappa shape index (κ3) is 4.09. The molecule has 0 radical (unpaired) electrons. The van der Waals surface area contributed by atoms with Crippen molar-refractivity contribution in [3.63, 3.8) is 0 Å². The third-order valence-corrected chi connectivity index (χ3v) is 3.45. The van der Waals surface area contributed by atoms with E-state index >= 15 is 0 Å². The summed E-state index contributed by atoms with van der Waals surface area (Å²) in [6.07, 6.45) is 0. The summed E-state index contributed by atoms with van der Waals surface area (Å²) in [7, 11) is 0. The number of nitrogens with zero attached hydrogens (tertiary/aromatic N) is 1. The fourth-order valence-electron chi connectivity index (χ4n) is 2.33. The highest BCUT2D eigenvalue weighted by molar-refractivity contribution is 5.13. The van der Waals surface area contributed by atoms with E-state index in [4.69, 9.17) is 4.74 Å². The van der Waals surface area contributed by atoms with Gasteiger partial charge in [0.15, 0.2) is 0 Å². The highest BCUT2D eigenvalue weighted by Crippen LogP contribution is 2.06. The van der Waals surface area contributed by atoms with Gasteiger partial charge in [0.2, 0.25) is 0 Å². The quantitative estimate of drug-likeness (QED) is 0.861. The molecule has 0 spiro atoms. The van der Waals surface area contributed by atoms with Crippen LogP contribution in [0.1, 0.15) is 19.4 Å². The second kappa shape index (κ2) is 6.88. The number of hydrogen-bond acceptors (Lipinski definition) is 3. The van der Waals surface area contributed by atoms with Crippen LogP contribution in [0.5, 0.6) is 0 Å². The highest BCUT2D eigenvalue weighted by Gasteiger charge is 2.20. The molecule has 3 heteroatoms. The molecule has 0 aliphatic carbocycles. The molecular formula is C15H24N2O. The molecule has 2 rings (SSSR count). The predicted octanol–water partition coefficient (Wildman–Crippen LogP) is 1.89. The van der Waals surface area contributed by atoms with E-state index in [1.54, 1.807) is 0 Å². The predicted molar refractivity (Wildman–Crippen MR) is 74.6 cm³/mol. The van der Waals surface area contributed by atoms with E-state index in [-0.39, 0.29) is 0 Å². The molecule has 100 valence electrons. The number of nitrogens with one attached hydrogen (secondary N) is 1. The van der Waals surface area contributed by atoms with Crippen molar-refractivity contribution in [3.8, 4) is 0 Å². The largest absolute Gasteiger partial charge is 0.375 e. The first kappa shape index (κ1) is 13.5. The van der Waals surface area contributed by atoms with Crippen molar-refractivity contribution in [2.75, 3.05) is 26.2 Å². The molecule has 3 nitrogen and oxygen atoms in total. The highest BCUT2D eigenvalue weighted by atomic mass is 16.5. The van der Waals surface area contributed by atoms with Crippen LogP contribution in [0.2, 0.25) is 0 Å². The van der Waals surface area contributed by atoms with E-state index in [2.05, 4.69) is 48.3 Å². The Morgan fingerprint density at radius 1 is 1.33 bits per heavy atom. The van der Waals surface area contributed by atoms with Gasteiger partial charge >= 0.3 is 0 Å². The van der Waals surface area contributed by atoms with Gasteiger partial charge < -0.3 is 10.1 Å². The molecule has 0 amide bonds. The smallest absolute Gasteiger partial charge is 0.0717 e. The van der Waals surface area contributed by atoms with Crippen LogP contribution in [-0.4, -0.2) is 43.2 Å². The second-order valence-electron chi connectivity index (χ2n) is 5.24. The number of benzene rings is 1. The van der Waals surface area contributed by atoms with Gasteiger partial charge in [0.1, 0.15) is 0 Å². The van der Waals surface area contributed by atoms with Crippen LogP contribution >= 0.6 is 0 Å². The number of hydrogen-bond donors (Lipinski definition) is 1. The summed E-state index contributed by atoms with van der Waals surface area (Å²) >= 11 is 0. The maximum atomic E-state index is 5.80. The summed E-state index contributed by atoms with van der Waals surface area (Å²) in [5, 5.41) is 3.52. The molecule has 0 bridgehead atoms. The molecule has 1 aromatic carbocycles. The molecule has 1 aromatic rings. The van der Waals surface area contributed by atoms with Gasteiger partial charge in [-0.05, 0) is 19.4 Å². The summed E-state index contributed by atoms with van der Waals surface area (Å²) < 4.78 is 5.80. The molecule has 0 aromatic heterocycles. The van der Waals surface area contributed by atoms with Gasteiger partial charge in [0.25, 0.3) is 0 Å². The van der Waals surface area contributed by atoms with Crippen LogP contribution in [0.4, 0.5) is 0 Å². The molecule has 1 aliphatic heterocycles. The van der Waals surface area contributed by atoms with Crippen LogP contribution < -0.4 is 5.32 Å². The van der Waals surface area contributed by atoms with Gasteiger partial charge in [-0.25, -0.2) is 0 Å². The van der Waals surface area contributed by atoms with E-state index in [1.807, 2.05) is 6.07 Å². The monoisotopic (exact) mass is 248 g/mol. The Hall–Kier alpha value is -0.900. The van der Waals surface area contributed by atoms with Crippen molar-refractivity contribution in [2.24, 2.45) is 0 Å². The minimum atomic E-state index is 0.463. The Morgan fingerprint density at radius 3 is 2.83 bits per heavy atom. The average Bonchev–Trinajstić information content (AvgIpc) is 2.40. The number of rotatable bonds is 5. The maximum Gasteiger partial charge on any atom is 0.0717 e. The summed E-state index contributed by atoms with van der Waals surface area (Å²) in [6, 6.07) is 11.4. The fraction of sp³-hybridized carbons (Fsp3) is 0.600. The number of ether oxygens (including phenoxy) is 1. The van der Waals surface area contributed by atoms with Crippen molar-refractivity contribution in [1.82, 2.24) is 10.2 Å². The third-order valence-electron chi connectivity index (χ3n) is 3.45. The fourth-order valence-corrected chi connectivity index (χ4v) is 2.33. The van der Waals surface area contributed by atoms with E-state index < -0.39 is 0 Å². The Bertz CT molecular complexity index is 340. The molecule has 1 aliphatic rings. The van der Waals surface area contributed by atoms with Crippen LogP contribution in [0, 0.1) is 0 Å². The lowest BCUT2D eigenvalue weighted by Crippen LogP contribution is -2.54. The van der Waals surface area contributed by atoms with Gasteiger partial charge in [0, 0.05) is 31.7 Å². The first-order valence-corrected chi connectivity index (χ1v) is 6.85. The Balaban J connectivity index is 1.70. The van der Waals surface area contributed by atoms with Gasteiger partial charge in [-0.2, -0.15) is 0 Å². The molecule has 18 heavy (non-hydrogen) atoms. The van der Waals surface area contributed by atoms with Crippen molar-refractivity contribution in [1.29, 1.82) is 0 Å². The Kier molecular flexibility index (Phi) is 5.17. The maximum absolute atomic E-state index is 5.80. The van der Waals surface area contributed by atoms with Gasteiger partial charge in [-0.15, -0.1) is 0 Å². The summed E-state index contributed by atoms with van der Waals surface area (Å²) in [5.74, 6) is 0. The Labute approximate surface area is 110 Å². The van der Waals surface area contributed by atoms with E-state index in [9.17, 15) is 0 Å². The topological polar surface area (TPSA) is 24.5 Å². The minimum absolute atomic E-state index is 0.463. The summed E-state index contributed by atoms with van der Waals surface area (Å²) in [5.41, 5.74) is 1.24. The minimum Gasteiger partial charge on any atom is -0.375 e.